The smallest absolute Gasteiger partial charge is 0.302 e. The van der Waals surface area contributed by atoms with E-state index in [0.717, 1.165) is 12.2 Å². The van der Waals surface area contributed by atoms with Gasteiger partial charge in [-0.1, -0.05) is 12.2 Å². The van der Waals surface area contributed by atoms with Crippen molar-refractivity contribution in [2.75, 3.05) is 12.4 Å². The molecule has 0 radical (unpaired) electrons. The van der Waals surface area contributed by atoms with E-state index >= 15 is 0 Å². The van der Waals surface area contributed by atoms with Crippen molar-refractivity contribution in [3.05, 3.63) is 12.2 Å². The predicted octanol–water partition coefficient (Wildman–Crippen LogP) is 2.00. The molecule has 0 saturated carbocycles. The van der Waals surface area contributed by atoms with Crippen molar-refractivity contribution in [3.8, 4) is 0 Å². The first-order valence-electron chi connectivity index (χ1n) is 4.07. The van der Waals surface area contributed by atoms with Crippen LogP contribution < -0.4 is 0 Å². The van der Waals surface area contributed by atoms with Crippen LogP contribution in [-0.2, 0) is 9.53 Å². The maximum atomic E-state index is 10.5. The van der Waals surface area contributed by atoms with Gasteiger partial charge in [-0.15, -0.1) is 11.8 Å². The molecular weight excluding hydrogens is 172 g/mol. The molecule has 0 saturated heterocycles. The molecule has 2 nitrogen and oxygen atoms in total. The maximum absolute atomic E-state index is 10.5. The molecule has 1 aliphatic heterocycles. The number of ether oxygens (including phenoxy) is 1. The summed E-state index contributed by atoms with van der Waals surface area (Å²) in [6.45, 7) is 4.15. The quantitative estimate of drug-likeness (QED) is 0.498. The molecule has 1 atom stereocenters. The summed E-state index contributed by atoms with van der Waals surface area (Å²) in [7, 11) is 0. The van der Waals surface area contributed by atoms with Crippen molar-refractivity contribution >= 4 is 17.7 Å². The van der Waals surface area contributed by atoms with E-state index in [2.05, 4.69) is 19.1 Å². The van der Waals surface area contributed by atoms with E-state index in [1.807, 2.05) is 11.8 Å². The molecule has 1 rings (SSSR count). The highest BCUT2D eigenvalue weighted by Crippen LogP contribution is 2.34. The van der Waals surface area contributed by atoms with Crippen LogP contribution in [0.4, 0.5) is 0 Å². The van der Waals surface area contributed by atoms with Gasteiger partial charge in [0.2, 0.25) is 0 Å². The average molecular weight is 186 g/mol. The van der Waals surface area contributed by atoms with Gasteiger partial charge in [-0.3, -0.25) is 4.79 Å². The first-order valence-corrected chi connectivity index (χ1v) is 5.06. The van der Waals surface area contributed by atoms with Crippen LogP contribution in [0.2, 0.25) is 0 Å². The number of hydrogen-bond donors (Lipinski definition) is 0. The molecule has 0 N–H and O–H groups in total. The van der Waals surface area contributed by atoms with Gasteiger partial charge in [0.05, 0.1) is 6.61 Å². The molecule has 0 bridgehead atoms. The normalized spacial score (nSPS) is 27.5. The van der Waals surface area contributed by atoms with Gasteiger partial charge in [-0.2, -0.15) is 0 Å². The second kappa shape index (κ2) is 3.99. The molecule has 3 heteroatoms. The summed E-state index contributed by atoms with van der Waals surface area (Å²) in [5, 5.41) is 0. The summed E-state index contributed by atoms with van der Waals surface area (Å²) in [4.78, 5) is 10.5. The third-order valence-corrected chi connectivity index (χ3v) is 3.24. The van der Waals surface area contributed by atoms with Crippen molar-refractivity contribution in [1.82, 2.24) is 0 Å². The van der Waals surface area contributed by atoms with Crippen molar-refractivity contribution in [1.29, 1.82) is 0 Å². The first-order chi connectivity index (χ1) is 5.62. The van der Waals surface area contributed by atoms with Crippen molar-refractivity contribution < 1.29 is 9.53 Å². The summed E-state index contributed by atoms with van der Waals surface area (Å²) < 4.78 is 5.07. The second-order valence-electron chi connectivity index (χ2n) is 3.12. The van der Waals surface area contributed by atoms with Crippen LogP contribution in [0.3, 0.4) is 0 Å². The first kappa shape index (κ1) is 9.65. The monoisotopic (exact) mass is 186 g/mol. The molecule has 1 unspecified atom stereocenters. The lowest BCUT2D eigenvalue weighted by Crippen LogP contribution is -2.17. The highest BCUT2D eigenvalue weighted by molar-refractivity contribution is 8.01. The number of esters is 1. The van der Waals surface area contributed by atoms with E-state index in [9.17, 15) is 4.79 Å². The van der Waals surface area contributed by atoms with Gasteiger partial charge >= 0.3 is 5.97 Å². The van der Waals surface area contributed by atoms with Crippen LogP contribution in [0.15, 0.2) is 12.2 Å². The number of hydrogen-bond acceptors (Lipinski definition) is 3. The Balaban J connectivity index is 2.22. The SMILES string of the molecule is CC(=O)OCCC1(C)C=CCS1. The fraction of sp³-hybridized carbons (Fsp3) is 0.667. The average Bonchev–Trinajstić information content (AvgIpc) is 2.35. The molecule has 0 aromatic carbocycles. The highest BCUT2D eigenvalue weighted by Gasteiger charge is 2.24. The summed E-state index contributed by atoms with van der Waals surface area (Å²) in [5.74, 6) is 0.891. The van der Waals surface area contributed by atoms with Gasteiger partial charge < -0.3 is 4.74 Å². The second-order valence-corrected chi connectivity index (χ2v) is 4.67. The molecule has 0 aromatic rings. The summed E-state index contributed by atoms with van der Waals surface area (Å²) in [5.41, 5.74) is 0. The third kappa shape index (κ3) is 2.89. The number of carbonyl (C=O) groups is 1. The van der Waals surface area contributed by atoms with E-state index in [4.69, 9.17) is 4.74 Å². The highest BCUT2D eigenvalue weighted by atomic mass is 32.2. The van der Waals surface area contributed by atoms with E-state index in [1.165, 1.54) is 6.92 Å². The number of carbonyl (C=O) groups excluding carboxylic acids is 1. The Morgan fingerprint density at radius 2 is 2.50 bits per heavy atom. The molecular formula is C9H14O2S. The maximum Gasteiger partial charge on any atom is 0.302 e. The molecule has 0 amide bonds. The Hall–Kier alpha value is -0.440. The zero-order valence-corrected chi connectivity index (χ0v) is 8.32. The van der Waals surface area contributed by atoms with Gasteiger partial charge in [0, 0.05) is 17.4 Å². The standard InChI is InChI=1S/C9H14O2S/c1-8(10)11-6-5-9(2)4-3-7-12-9/h3-4H,5-7H2,1-2H3. The predicted molar refractivity (Wildman–Crippen MR) is 51.3 cm³/mol. The Labute approximate surface area is 77.4 Å². The van der Waals surface area contributed by atoms with Crippen LogP contribution in [0.1, 0.15) is 20.3 Å². The number of thioether (sulfide) groups is 1. The largest absolute Gasteiger partial charge is 0.466 e. The summed E-state index contributed by atoms with van der Waals surface area (Å²) >= 11 is 1.89. The molecule has 0 aromatic heterocycles. The van der Waals surface area contributed by atoms with Gasteiger partial charge in [-0.25, -0.2) is 0 Å². The lowest BCUT2D eigenvalue weighted by Gasteiger charge is -2.19. The van der Waals surface area contributed by atoms with E-state index in [0.29, 0.717) is 6.61 Å². The lowest BCUT2D eigenvalue weighted by atomic mass is 10.1. The van der Waals surface area contributed by atoms with Crippen LogP contribution in [0.5, 0.6) is 0 Å². The minimum atomic E-state index is -0.189. The number of rotatable bonds is 3. The molecule has 0 fully saturated rings. The molecule has 0 spiro atoms. The Bertz CT molecular complexity index is 201. The molecule has 0 aliphatic carbocycles. The molecule has 1 heterocycles. The van der Waals surface area contributed by atoms with Crippen LogP contribution >= 0.6 is 11.8 Å². The minimum Gasteiger partial charge on any atom is -0.466 e. The zero-order chi connectivity index (χ0) is 9.03. The Kier molecular flexibility index (Phi) is 3.20. The van der Waals surface area contributed by atoms with Crippen molar-refractivity contribution in [2.24, 2.45) is 0 Å². The Morgan fingerprint density at radius 1 is 1.75 bits per heavy atom. The summed E-state index contributed by atoms with van der Waals surface area (Å²) in [6.07, 6.45) is 5.27. The van der Waals surface area contributed by atoms with Gasteiger partial charge in [0.1, 0.15) is 0 Å². The molecule has 12 heavy (non-hydrogen) atoms. The van der Waals surface area contributed by atoms with Crippen LogP contribution in [0, 0.1) is 0 Å². The Morgan fingerprint density at radius 3 is 3.00 bits per heavy atom. The van der Waals surface area contributed by atoms with Crippen LogP contribution in [-0.4, -0.2) is 23.1 Å². The van der Waals surface area contributed by atoms with E-state index < -0.39 is 0 Å². The van der Waals surface area contributed by atoms with Gasteiger partial charge in [0.25, 0.3) is 0 Å². The lowest BCUT2D eigenvalue weighted by molar-refractivity contribution is -0.141. The van der Waals surface area contributed by atoms with E-state index in [1.54, 1.807) is 0 Å². The topological polar surface area (TPSA) is 26.3 Å². The van der Waals surface area contributed by atoms with Crippen LogP contribution in [0.25, 0.3) is 0 Å². The molecule has 1 aliphatic rings. The third-order valence-electron chi connectivity index (χ3n) is 1.88. The van der Waals surface area contributed by atoms with E-state index in [-0.39, 0.29) is 10.7 Å². The fourth-order valence-corrected chi connectivity index (χ4v) is 2.13. The van der Waals surface area contributed by atoms with Gasteiger partial charge in [0.15, 0.2) is 0 Å². The summed E-state index contributed by atoms with van der Waals surface area (Å²) in [6, 6.07) is 0. The molecule has 68 valence electrons. The van der Waals surface area contributed by atoms with Crippen molar-refractivity contribution in [2.45, 2.75) is 25.0 Å². The zero-order valence-electron chi connectivity index (χ0n) is 7.50. The fourth-order valence-electron chi connectivity index (χ4n) is 1.14. The van der Waals surface area contributed by atoms with Crippen molar-refractivity contribution in [3.63, 3.8) is 0 Å². The minimum absolute atomic E-state index is 0.189. The van der Waals surface area contributed by atoms with Gasteiger partial charge in [-0.05, 0) is 13.3 Å².